The molecule has 10 nitrogen and oxygen atoms in total. The van der Waals surface area contributed by atoms with Gasteiger partial charge in [0, 0.05) is 0 Å². The molecule has 0 spiro atoms. The van der Waals surface area contributed by atoms with Gasteiger partial charge in [-0.15, -0.1) is 0 Å². The number of benzene rings is 2. The molecule has 2 aromatic rings. The zero-order valence-electron chi connectivity index (χ0n) is 20.0. The summed E-state index contributed by atoms with van der Waals surface area (Å²) in [4.78, 5) is 22.3. The van der Waals surface area contributed by atoms with Crippen LogP contribution in [0.4, 0.5) is 17.6 Å². The van der Waals surface area contributed by atoms with E-state index < -0.39 is 55.9 Å². The summed E-state index contributed by atoms with van der Waals surface area (Å²) >= 11 is 0. The van der Waals surface area contributed by atoms with Crippen LogP contribution < -0.4 is 59.1 Å². The van der Waals surface area contributed by atoms with Gasteiger partial charge in [0.2, 0.25) is 0 Å². The number of ether oxygens (including phenoxy) is 2. The minimum Gasteiger partial charge on any atom is -0.743 e. The molecule has 2 aromatic carbocycles. The van der Waals surface area contributed by atoms with Crippen LogP contribution in [0.2, 0.25) is 0 Å². The van der Waals surface area contributed by atoms with Gasteiger partial charge < -0.3 is 18.6 Å². The van der Waals surface area contributed by atoms with Gasteiger partial charge >= 0.3 is 81.6 Å². The molecule has 0 heterocycles. The van der Waals surface area contributed by atoms with Gasteiger partial charge in [0.05, 0.1) is 12.8 Å². The third-order valence-electron chi connectivity index (χ3n) is 3.92. The van der Waals surface area contributed by atoms with Crippen molar-refractivity contribution in [2.45, 2.75) is 23.4 Å². The maximum Gasteiger partial charge on any atom is 1.00 e. The molecule has 0 radical (unpaired) electrons. The molecule has 0 amide bonds. The van der Waals surface area contributed by atoms with Crippen molar-refractivity contribution in [2.24, 2.45) is 0 Å². The van der Waals surface area contributed by atoms with Gasteiger partial charge in [-0.05, 0) is 11.1 Å². The molecule has 200 valence electrons. The Hall–Kier alpha value is -1.08. The third kappa shape index (κ3) is 14.3. The first kappa shape index (κ1) is 39.1. The molecule has 38 heavy (non-hydrogen) atoms. The van der Waals surface area contributed by atoms with Gasteiger partial charge in [-0.25, -0.2) is 16.8 Å². The van der Waals surface area contributed by atoms with Crippen LogP contribution in [0.3, 0.4) is 0 Å². The molecule has 0 saturated heterocycles. The van der Waals surface area contributed by atoms with Crippen molar-refractivity contribution in [1.82, 2.24) is 0 Å². The number of carbonyl (C=O) groups excluding carboxylic acids is 2. The zero-order chi connectivity index (χ0) is 27.6. The van der Waals surface area contributed by atoms with Gasteiger partial charge in [0.1, 0.15) is 0 Å². The maximum absolute atomic E-state index is 12.7. The first-order valence-electron chi connectivity index (χ1n) is 9.50. The van der Waals surface area contributed by atoms with Crippen LogP contribution in [-0.2, 0) is 52.1 Å². The Labute approximate surface area is 260 Å². The van der Waals surface area contributed by atoms with Crippen LogP contribution in [-0.4, -0.2) is 61.6 Å². The fourth-order valence-electron chi connectivity index (χ4n) is 2.10. The minimum absolute atomic E-state index is 0. The van der Waals surface area contributed by atoms with Crippen molar-refractivity contribution in [3.05, 3.63) is 71.8 Å². The fourth-order valence-corrected chi connectivity index (χ4v) is 2.51. The second-order valence-electron chi connectivity index (χ2n) is 6.83. The van der Waals surface area contributed by atoms with E-state index in [-0.39, 0.29) is 72.0 Å². The number of alkyl halides is 4. The molecule has 0 fully saturated rings. The molecular formula is C20H18F4Na2O10S2. The van der Waals surface area contributed by atoms with E-state index in [9.17, 15) is 53.1 Å². The van der Waals surface area contributed by atoms with Crippen molar-refractivity contribution in [3.8, 4) is 0 Å². The average Bonchev–Trinajstić information content (AvgIpc) is 2.77. The molecule has 0 aliphatic rings. The summed E-state index contributed by atoms with van der Waals surface area (Å²) in [6, 6.07) is 16.2. The van der Waals surface area contributed by atoms with E-state index in [2.05, 4.69) is 9.47 Å². The van der Waals surface area contributed by atoms with Crippen LogP contribution in [0, 0.1) is 0 Å². The van der Waals surface area contributed by atoms with Crippen LogP contribution in [0.1, 0.15) is 11.1 Å². The van der Waals surface area contributed by atoms with Gasteiger partial charge in [-0.1, -0.05) is 60.7 Å². The Balaban J connectivity index is 0. The van der Waals surface area contributed by atoms with E-state index in [1.165, 1.54) is 0 Å². The van der Waals surface area contributed by atoms with E-state index in [1.807, 2.05) is 0 Å². The maximum atomic E-state index is 12.7. The Kier molecular flexibility index (Phi) is 17.4. The standard InChI is InChI=1S/2C10H10F2O5S.2Na/c2*11-10(12,18(14,15)16)7-17-9(13)6-8-4-2-1-3-5-8;;/h2*1-5H,6-7H2,(H,14,15,16);;/q;;2*+1/p-2. The number of carbonyl (C=O) groups is 2. The fraction of sp³-hybridized carbons (Fsp3) is 0.300. The molecule has 2 rings (SSSR count). The molecule has 0 N–H and O–H groups in total. The molecule has 0 aromatic heterocycles. The third-order valence-corrected chi connectivity index (χ3v) is 5.62. The summed E-state index contributed by atoms with van der Waals surface area (Å²) in [6.07, 6.45) is -0.564. The van der Waals surface area contributed by atoms with Gasteiger partial charge in [0.25, 0.3) is 0 Å². The number of esters is 2. The van der Waals surface area contributed by atoms with E-state index >= 15 is 0 Å². The van der Waals surface area contributed by atoms with Gasteiger partial charge in [-0.2, -0.15) is 17.6 Å². The molecule has 0 bridgehead atoms. The minimum atomic E-state index is -5.83. The normalized spacial score (nSPS) is 11.5. The van der Waals surface area contributed by atoms with Crippen molar-refractivity contribution < 1.29 is 122 Å². The second-order valence-corrected chi connectivity index (χ2v) is 9.84. The molecule has 18 heteroatoms. The zero-order valence-corrected chi connectivity index (χ0v) is 25.6. The Morgan fingerprint density at radius 3 is 1.13 bits per heavy atom. The van der Waals surface area contributed by atoms with E-state index in [1.54, 1.807) is 60.7 Å². The summed E-state index contributed by atoms with van der Waals surface area (Å²) in [5, 5.41) is -9.22. The Bertz CT molecular complexity index is 1130. The monoisotopic (exact) mass is 604 g/mol. The number of hydrogen-bond acceptors (Lipinski definition) is 10. The largest absolute Gasteiger partial charge is 1.00 e. The van der Waals surface area contributed by atoms with Crippen LogP contribution >= 0.6 is 0 Å². The molecular weight excluding hydrogens is 586 g/mol. The number of hydrogen-bond donors (Lipinski definition) is 0. The second kappa shape index (κ2) is 16.9. The number of rotatable bonds is 10. The summed E-state index contributed by atoms with van der Waals surface area (Å²) < 4.78 is 120. The van der Waals surface area contributed by atoms with E-state index in [0.29, 0.717) is 11.1 Å². The van der Waals surface area contributed by atoms with Crippen LogP contribution in [0.25, 0.3) is 0 Å². The summed E-state index contributed by atoms with van der Waals surface area (Å²) in [5.41, 5.74) is 1.05. The SMILES string of the molecule is O=C(Cc1ccccc1)OCC(F)(F)S(=O)(=O)[O-].O=C(Cc1ccccc1)OCC(F)(F)S(=O)(=O)[O-].[Na+].[Na+]. The predicted molar refractivity (Wildman–Crippen MR) is 111 cm³/mol. The van der Waals surface area contributed by atoms with Crippen LogP contribution in [0.15, 0.2) is 60.7 Å². The first-order chi connectivity index (χ1) is 16.4. The van der Waals surface area contributed by atoms with E-state index in [4.69, 9.17) is 0 Å². The van der Waals surface area contributed by atoms with Crippen molar-refractivity contribution in [3.63, 3.8) is 0 Å². The summed E-state index contributed by atoms with van der Waals surface area (Å²) in [6.45, 7) is -3.55. The molecule has 0 aliphatic carbocycles. The average molecular weight is 604 g/mol. The summed E-state index contributed by atoms with van der Waals surface area (Å²) in [7, 11) is -11.7. The topological polar surface area (TPSA) is 167 Å². The van der Waals surface area contributed by atoms with E-state index in [0.717, 1.165) is 0 Å². The predicted octanol–water partition coefficient (Wildman–Crippen LogP) is -4.17. The summed E-state index contributed by atoms with van der Waals surface area (Å²) in [5.74, 6) is -2.07. The molecule has 0 aliphatic heterocycles. The first-order valence-corrected chi connectivity index (χ1v) is 12.3. The molecule has 0 atom stereocenters. The van der Waals surface area contributed by atoms with Crippen molar-refractivity contribution >= 4 is 32.2 Å². The quantitative estimate of drug-likeness (QED) is 0.112. The van der Waals surface area contributed by atoms with Crippen molar-refractivity contribution in [2.75, 3.05) is 13.2 Å². The Morgan fingerprint density at radius 1 is 0.632 bits per heavy atom. The van der Waals surface area contributed by atoms with Crippen molar-refractivity contribution in [1.29, 1.82) is 0 Å². The molecule has 0 unspecified atom stereocenters. The van der Waals surface area contributed by atoms with Gasteiger partial charge in [-0.3, -0.25) is 9.59 Å². The number of halogens is 4. The van der Waals surface area contributed by atoms with Gasteiger partial charge in [0.15, 0.2) is 33.5 Å². The molecule has 0 saturated carbocycles. The Morgan fingerprint density at radius 2 is 0.895 bits per heavy atom. The smallest absolute Gasteiger partial charge is 0.743 e. The van der Waals surface area contributed by atoms with Crippen LogP contribution in [0.5, 0.6) is 0 Å².